The first-order valence-corrected chi connectivity index (χ1v) is 12.9. The number of hydrogen-bond donors (Lipinski definition) is 1. The molecule has 0 aliphatic rings. The maximum atomic E-state index is 13.4. The Balaban J connectivity index is 0.00000106. The zero-order chi connectivity index (χ0) is 30.2. The summed E-state index contributed by atoms with van der Waals surface area (Å²) in [6, 6.07) is 21.1. The van der Waals surface area contributed by atoms with Crippen molar-refractivity contribution in [2.75, 3.05) is 5.32 Å². The zero-order valence-electron chi connectivity index (χ0n) is 23.6. The summed E-state index contributed by atoms with van der Waals surface area (Å²) < 4.78 is 21.2. The molecule has 3 aromatic carbocycles. The molecule has 0 bridgehead atoms. The quantitative estimate of drug-likeness (QED) is 0.119. The van der Waals surface area contributed by atoms with Gasteiger partial charge < -0.3 is 29.6 Å². The first-order chi connectivity index (χ1) is 20.1. The van der Waals surface area contributed by atoms with E-state index in [-0.39, 0.29) is 130 Å². The molecular weight excluding hydrogens is 666 g/mol. The molecule has 0 aliphatic carbocycles. The molecule has 1 amide bonds. The monoisotopic (exact) mass is 685 g/mol. The van der Waals surface area contributed by atoms with E-state index in [2.05, 4.69) is 10.3 Å². The molecular formula is C30H20Cl2FK2N3O6. The third-order valence-corrected chi connectivity index (χ3v) is 6.48. The third-order valence-electron chi connectivity index (χ3n) is 5.91. The van der Waals surface area contributed by atoms with E-state index in [9.17, 15) is 14.0 Å². The third kappa shape index (κ3) is 10.7. The summed E-state index contributed by atoms with van der Waals surface area (Å²) in [7, 11) is 0. The van der Waals surface area contributed by atoms with Crippen molar-refractivity contribution < 1.29 is 136 Å². The predicted molar refractivity (Wildman–Crippen MR) is 151 cm³/mol. The van der Waals surface area contributed by atoms with E-state index in [1.807, 2.05) is 41.0 Å². The van der Waals surface area contributed by atoms with Crippen LogP contribution < -0.4 is 123 Å². The van der Waals surface area contributed by atoms with Crippen LogP contribution in [0.1, 0.15) is 21.5 Å². The van der Waals surface area contributed by atoms with Gasteiger partial charge in [-0.2, -0.15) is 0 Å². The minimum absolute atomic E-state index is 0. The number of nitrogens with one attached hydrogen (secondary N) is 1. The van der Waals surface area contributed by atoms with Crippen molar-refractivity contribution in [2.24, 2.45) is 0 Å². The van der Waals surface area contributed by atoms with E-state index < -0.39 is 17.8 Å². The number of benzene rings is 3. The number of aromatic nitrogens is 2. The number of anilines is 1. The van der Waals surface area contributed by atoms with E-state index in [1.165, 1.54) is 24.5 Å². The number of hydrogen-bond acceptors (Lipinski definition) is 7. The maximum Gasteiger partial charge on any atom is 1.00 e. The van der Waals surface area contributed by atoms with Gasteiger partial charge in [0.15, 0.2) is 0 Å². The summed E-state index contributed by atoms with van der Waals surface area (Å²) in [5, 5.41) is 19.9. The molecule has 0 saturated heterocycles. The number of nitrogens with zero attached hydrogens (tertiary/aromatic N) is 2. The summed E-state index contributed by atoms with van der Waals surface area (Å²) in [6.07, 6.45) is 1.91. The summed E-state index contributed by atoms with van der Waals surface area (Å²) in [5.74, 6) is -1.49. The van der Waals surface area contributed by atoms with Gasteiger partial charge in [0.2, 0.25) is 0 Å². The van der Waals surface area contributed by atoms with Crippen LogP contribution in [0.25, 0.3) is 10.9 Å². The first-order valence-electron chi connectivity index (χ1n) is 12.2. The molecule has 14 heteroatoms. The standard InChI is InChI=1S/C29H20Cl2FN3O3.CH2O3.2K/c30-24-13-33-14-25(31)27(24)34-29(37)28(36)23-16-35(15-18-6-8-20(32)9-7-18)26-11-10-21(12-22(23)26)38-17-19-4-2-1-3-5-19;2-1(3)4;;/h1-14,16H,15,17H2,(H,33,34,37);(H2,2,3,4);;/q;;2*+1/p-2. The van der Waals surface area contributed by atoms with Crippen LogP contribution in [0.15, 0.2) is 91.4 Å². The minimum atomic E-state index is -2.33. The number of halogens is 3. The van der Waals surface area contributed by atoms with Crippen molar-refractivity contribution in [1.29, 1.82) is 0 Å². The summed E-state index contributed by atoms with van der Waals surface area (Å²) >= 11 is 12.2. The van der Waals surface area contributed by atoms with E-state index in [0.29, 0.717) is 29.8 Å². The molecule has 5 aromatic rings. The van der Waals surface area contributed by atoms with Crippen LogP contribution in [0.3, 0.4) is 0 Å². The molecule has 0 radical (unpaired) electrons. The second-order valence-electron chi connectivity index (χ2n) is 8.76. The Morgan fingerprint density at radius 3 is 2.11 bits per heavy atom. The second-order valence-corrected chi connectivity index (χ2v) is 9.58. The van der Waals surface area contributed by atoms with Gasteiger partial charge >= 0.3 is 103 Å². The number of carbonyl (C=O) groups excluding carboxylic acids is 3. The molecule has 214 valence electrons. The number of fused-ring (bicyclic) bond motifs is 1. The van der Waals surface area contributed by atoms with Crippen molar-refractivity contribution in [2.45, 2.75) is 13.2 Å². The van der Waals surface area contributed by atoms with Crippen LogP contribution in [0.4, 0.5) is 14.9 Å². The number of Topliss-reactive ketones (excluding diaryl/α,β-unsaturated/α-hetero) is 1. The molecule has 2 aromatic heterocycles. The molecule has 2 heterocycles. The normalized spacial score (nSPS) is 9.98. The van der Waals surface area contributed by atoms with Crippen molar-refractivity contribution in [3.63, 3.8) is 0 Å². The number of ether oxygens (including phenoxy) is 1. The fourth-order valence-corrected chi connectivity index (χ4v) is 4.49. The fourth-order valence-electron chi connectivity index (χ4n) is 4.03. The van der Waals surface area contributed by atoms with Crippen LogP contribution in [0, 0.1) is 5.82 Å². The SMILES string of the molecule is O=C(Nc1c(Cl)cncc1Cl)C(=O)c1cn(Cc2ccc(F)cc2)c2ccc(OCc3ccccc3)cc12.O=C([O-])[O-].[K+].[K+]. The van der Waals surface area contributed by atoms with Gasteiger partial charge in [-0.3, -0.25) is 14.6 Å². The zero-order valence-corrected chi connectivity index (χ0v) is 31.3. The summed E-state index contributed by atoms with van der Waals surface area (Å²) in [4.78, 5) is 38.5. The number of ketones is 1. The van der Waals surface area contributed by atoms with Crippen molar-refractivity contribution in [3.05, 3.63) is 124 Å². The number of pyridine rings is 1. The smallest absolute Gasteiger partial charge is 0.652 e. The molecule has 0 spiro atoms. The Kier molecular flexibility index (Phi) is 16.2. The molecule has 9 nitrogen and oxygen atoms in total. The average Bonchev–Trinajstić information content (AvgIpc) is 3.32. The molecule has 0 saturated carbocycles. The summed E-state index contributed by atoms with van der Waals surface area (Å²) in [5.41, 5.74) is 2.79. The van der Waals surface area contributed by atoms with Crippen LogP contribution in [0.2, 0.25) is 10.0 Å². The van der Waals surface area contributed by atoms with Gasteiger partial charge in [0.1, 0.15) is 18.2 Å². The van der Waals surface area contributed by atoms with Gasteiger partial charge in [-0.05, 0) is 47.6 Å². The van der Waals surface area contributed by atoms with Gasteiger partial charge in [-0.25, -0.2) is 4.39 Å². The van der Waals surface area contributed by atoms with Crippen LogP contribution in [0.5, 0.6) is 5.75 Å². The second kappa shape index (κ2) is 18.5. The van der Waals surface area contributed by atoms with Gasteiger partial charge in [0.25, 0.3) is 11.7 Å². The van der Waals surface area contributed by atoms with E-state index in [1.54, 1.807) is 30.5 Å². The van der Waals surface area contributed by atoms with Crippen LogP contribution in [-0.4, -0.2) is 27.4 Å². The maximum absolute atomic E-state index is 13.4. The van der Waals surface area contributed by atoms with Gasteiger partial charge in [0, 0.05) is 36.0 Å². The van der Waals surface area contributed by atoms with Crippen molar-refractivity contribution >= 4 is 57.6 Å². The molecule has 5 rings (SSSR count). The van der Waals surface area contributed by atoms with Crippen LogP contribution >= 0.6 is 23.2 Å². The number of carbonyl (C=O) groups is 3. The van der Waals surface area contributed by atoms with Crippen molar-refractivity contribution in [1.82, 2.24) is 9.55 Å². The van der Waals surface area contributed by atoms with Crippen molar-refractivity contribution in [3.8, 4) is 5.75 Å². The molecule has 0 unspecified atom stereocenters. The Morgan fingerprint density at radius 1 is 0.886 bits per heavy atom. The van der Waals surface area contributed by atoms with Gasteiger partial charge in [-0.1, -0.05) is 65.7 Å². The number of carboxylic acid groups (broad SMARTS) is 2. The van der Waals surface area contributed by atoms with Gasteiger partial charge in [0.05, 0.1) is 21.3 Å². The molecule has 0 fully saturated rings. The van der Waals surface area contributed by atoms with E-state index in [0.717, 1.165) is 11.1 Å². The number of rotatable bonds is 8. The molecule has 1 N–H and O–H groups in total. The molecule has 0 aliphatic heterocycles. The first kappa shape index (κ1) is 38.5. The minimum Gasteiger partial charge on any atom is -0.652 e. The Bertz CT molecular complexity index is 1730. The number of amides is 1. The van der Waals surface area contributed by atoms with E-state index in [4.69, 9.17) is 42.9 Å². The van der Waals surface area contributed by atoms with Gasteiger partial charge in [-0.15, -0.1) is 0 Å². The average molecular weight is 687 g/mol. The molecule has 44 heavy (non-hydrogen) atoms. The Labute approximate surface area is 346 Å². The Hall–Kier alpha value is -1.66. The van der Waals surface area contributed by atoms with Crippen LogP contribution in [-0.2, 0) is 17.9 Å². The topological polar surface area (TPSA) is 136 Å². The predicted octanol–water partition coefficient (Wildman–Crippen LogP) is -1.51. The fraction of sp³-hybridized carbons (Fsp3) is 0.0667. The summed E-state index contributed by atoms with van der Waals surface area (Å²) in [6.45, 7) is 0.698. The largest absolute Gasteiger partial charge is 1.00 e. The molecule has 0 atom stereocenters. The Morgan fingerprint density at radius 2 is 1.50 bits per heavy atom. The van der Waals surface area contributed by atoms with E-state index >= 15 is 0 Å².